The first-order chi connectivity index (χ1) is 11.3. The second kappa shape index (κ2) is 7.07. The molecule has 1 fully saturated rings. The average Bonchev–Trinajstić information content (AvgIpc) is 3.02. The number of methoxy groups -OCH3 is 1. The molecule has 1 N–H and O–H groups in total. The van der Waals surface area contributed by atoms with Gasteiger partial charge in [0.15, 0.2) is 0 Å². The van der Waals surface area contributed by atoms with Gasteiger partial charge in [-0.1, -0.05) is 12.1 Å². The normalized spacial score (nSPS) is 17.7. The van der Waals surface area contributed by atoms with Crippen molar-refractivity contribution in [2.24, 2.45) is 0 Å². The van der Waals surface area contributed by atoms with Crippen LogP contribution >= 0.6 is 0 Å². The van der Waals surface area contributed by atoms with E-state index in [1.807, 2.05) is 18.2 Å². The largest absolute Gasteiger partial charge is 0.481 e. The number of aromatic nitrogens is 2. The van der Waals surface area contributed by atoms with Gasteiger partial charge in [0.1, 0.15) is 0 Å². The number of nitriles is 1. The first-order valence-corrected chi connectivity index (χ1v) is 7.62. The summed E-state index contributed by atoms with van der Waals surface area (Å²) < 4.78 is 5.11. The predicted octanol–water partition coefficient (Wildman–Crippen LogP) is 2.04. The fourth-order valence-electron chi connectivity index (χ4n) is 2.80. The molecule has 0 amide bonds. The molecular weight excluding hydrogens is 290 g/mol. The second-order valence-electron chi connectivity index (χ2n) is 5.60. The second-order valence-corrected chi connectivity index (χ2v) is 5.60. The van der Waals surface area contributed by atoms with Crippen LogP contribution in [0.25, 0.3) is 0 Å². The van der Waals surface area contributed by atoms with Crippen LogP contribution in [0.3, 0.4) is 0 Å². The van der Waals surface area contributed by atoms with Crippen molar-refractivity contribution in [1.29, 1.82) is 5.26 Å². The van der Waals surface area contributed by atoms with E-state index in [4.69, 9.17) is 10.00 Å². The van der Waals surface area contributed by atoms with Gasteiger partial charge in [-0.25, -0.2) is 4.98 Å². The Morgan fingerprint density at radius 2 is 2.35 bits per heavy atom. The van der Waals surface area contributed by atoms with Gasteiger partial charge in [-0.3, -0.25) is 4.90 Å². The monoisotopic (exact) mass is 309 g/mol. The molecule has 3 rings (SSSR count). The lowest BCUT2D eigenvalue weighted by molar-refractivity contribution is 0.328. The maximum atomic E-state index is 8.97. The molecule has 1 aliphatic rings. The molecule has 0 aliphatic carbocycles. The Bertz CT molecular complexity index is 712. The highest BCUT2D eigenvalue weighted by Gasteiger charge is 2.23. The Balaban J connectivity index is 1.56. The number of rotatable bonds is 5. The minimum absolute atomic E-state index is 0.321. The number of hydrogen-bond acceptors (Lipinski definition) is 6. The summed E-state index contributed by atoms with van der Waals surface area (Å²) in [6, 6.07) is 12.0. The molecule has 0 spiro atoms. The van der Waals surface area contributed by atoms with E-state index < -0.39 is 0 Å². The molecule has 1 aliphatic heterocycles. The number of nitrogens with zero attached hydrogens (tertiary/aromatic N) is 4. The molecule has 1 aromatic heterocycles. The number of likely N-dealkylation sites (tertiary alicyclic amines) is 1. The highest BCUT2D eigenvalue weighted by Crippen LogP contribution is 2.17. The summed E-state index contributed by atoms with van der Waals surface area (Å²) in [5, 5.41) is 12.3. The molecule has 23 heavy (non-hydrogen) atoms. The number of hydrogen-bond donors (Lipinski definition) is 1. The van der Waals surface area contributed by atoms with Gasteiger partial charge in [-0.05, 0) is 24.1 Å². The highest BCUT2D eigenvalue weighted by atomic mass is 16.5. The fourth-order valence-corrected chi connectivity index (χ4v) is 2.80. The molecule has 6 heteroatoms. The van der Waals surface area contributed by atoms with Crippen LogP contribution in [0.15, 0.2) is 36.5 Å². The molecule has 1 aromatic carbocycles. The lowest BCUT2D eigenvalue weighted by atomic mass is 10.1. The number of nitrogens with one attached hydrogen (secondary N) is 1. The van der Waals surface area contributed by atoms with Gasteiger partial charge in [0, 0.05) is 37.9 Å². The summed E-state index contributed by atoms with van der Waals surface area (Å²) in [7, 11) is 1.60. The Kier molecular flexibility index (Phi) is 4.69. The predicted molar refractivity (Wildman–Crippen MR) is 87.0 cm³/mol. The summed E-state index contributed by atoms with van der Waals surface area (Å²) in [5.41, 5.74) is 1.88. The Morgan fingerprint density at radius 3 is 3.17 bits per heavy atom. The van der Waals surface area contributed by atoms with E-state index in [-0.39, 0.29) is 0 Å². The number of benzene rings is 1. The molecule has 0 bridgehead atoms. The van der Waals surface area contributed by atoms with Gasteiger partial charge in [0.2, 0.25) is 11.8 Å². The number of anilines is 1. The maximum Gasteiger partial charge on any atom is 0.226 e. The Labute approximate surface area is 135 Å². The van der Waals surface area contributed by atoms with Crippen LogP contribution < -0.4 is 10.1 Å². The van der Waals surface area contributed by atoms with Crippen LogP contribution in [0, 0.1) is 11.3 Å². The van der Waals surface area contributed by atoms with E-state index in [1.165, 1.54) is 5.56 Å². The van der Waals surface area contributed by atoms with Crippen molar-refractivity contribution in [2.75, 3.05) is 25.5 Å². The van der Waals surface area contributed by atoms with E-state index in [2.05, 4.69) is 32.3 Å². The SMILES string of the molecule is COc1ccnc(NC2CCN(Cc3cccc(C#N)c3)C2)n1. The van der Waals surface area contributed by atoms with Crippen molar-refractivity contribution < 1.29 is 4.74 Å². The minimum atomic E-state index is 0.321. The third kappa shape index (κ3) is 3.96. The van der Waals surface area contributed by atoms with E-state index >= 15 is 0 Å². The van der Waals surface area contributed by atoms with Crippen LogP contribution in [0.5, 0.6) is 5.88 Å². The van der Waals surface area contributed by atoms with Gasteiger partial charge in [-0.15, -0.1) is 0 Å². The summed E-state index contributed by atoms with van der Waals surface area (Å²) in [6.07, 6.45) is 2.73. The van der Waals surface area contributed by atoms with E-state index in [0.717, 1.165) is 26.1 Å². The average molecular weight is 309 g/mol. The summed E-state index contributed by atoms with van der Waals surface area (Å²) in [6.45, 7) is 2.79. The Hall–Kier alpha value is -2.65. The van der Waals surface area contributed by atoms with Crippen molar-refractivity contribution in [3.8, 4) is 11.9 Å². The summed E-state index contributed by atoms with van der Waals surface area (Å²) >= 11 is 0. The highest BCUT2D eigenvalue weighted by molar-refractivity contribution is 5.33. The van der Waals surface area contributed by atoms with Crippen LogP contribution in [0.2, 0.25) is 0 Å². The van der Waals surface area contributed by atoms with E-state index in [9.17, 15) is 0 Å². The molecule has 0 radical (unpaired) electrons. The molecule has 118 valence electrons. The zero-order valence-corrected chi connectivity index (χ0v) is 13.1. The van der Waals surface area contributed by atoms with Gasteiger partial charge >= 0.3 is 0 Å². The first kappa shape index (κ1) is 15.3. The van der Waals surface area contributed by atoms with Crippen LogP contribution in [0.4, 0.5) is 5.95 Å². The van der Waals surface area contributed by atoms with Crippen molar-refractivity contribution in [1.82, 2.24) is 14.9 Å². The smallest absolute Gasteiger partial charge is 0.226 e. The van der Waals surface area contributed by atoms with Gasteiger partial charge in [0.25, 0.3) is 0 Å². The third-order valence-corrected chi connectivity index (χ3v) is 3.91. The topological polar surface area (TPSA) is 74.1 Å². The standard InChI is InChI=1S/C17H19N5O/c1-23-16-5-7-19-17(21-16)20-15-6-8-22(12-15)11-14-4-2-3-13(9-14)10-18/h2-5,7,9,15H,6,8,11-12H2,1H3,(H,19,20,21). The summed E-state index contributed by atoms with van der Waals surface area (Å²) in [4.78, 5) is 10.9. The van der Waals surface area contributed by atoms with E-state index in [0.29, 0.717) is 23.4 Å². The van der Waals surface area contributed by atoms with Crippen LogP contribution in [0.1, 0.15) is 17.5 Å². The maximum absolute atomic E-state index is 8.97. The molecule has 0 saturated carbocycles. The first-order valence-electron chi connectivity index (χ1n) is 7.62. The molecule has 1 atom stereocenters. The van der Waals surface area contributed by atoms with Gasteiger partial charge in [0.05, 0.1) is 18.7 Å². The van der Waals surface area contributed by atoms with Crippen LogP contribution in [-0.4, -0.2) is 41.1 Å². The molecule has 6 nitrogen and oxygen atoms in total. The Morgan fingerprint density at radius 1 is 1.43 bits per heavy atom. The zero-order chi connectivity index (χ0) is 16.1. The molecule has 1 unspecified atom stereocenters. The van der Waals surface area contributed by atoms with Crippen molar-refractivity contribution in [3.05, 3.63) is 47.7 Å². The number of ether oxygens (including phenoxy) is 1. The molecule has 1 saturated heterocycles. The molecule has 2 aromatic rings. The third-order valence-electron chi connectivity index (χ3n) is 3.91. The van der Waals surface area contributed by atoms with Crippen molar-refractivity contribution in [3.63, 3.8) is 0 Å². The zero-order valence-electron chi connectivity index (χ0n) is 13.1. The lowest BCUT2D eigenvalue weighted by Gasteiger charge is -2.17. The quantitative estimate of drug-likeness (QED) is 0.911. The summed E-state index contributed by atoms with van der Waals surface area (Å²) in [5.74, 6) is 1.16. The fraction of sp³-hybridized carbons (Fsp3) is 0.353. The van der Waals surface area contributed by atoms with Gasteiger partial charge < -0.3 is 10.1 Å². The van der Waals surface area contributed by atoms with Crippen LogP contribution in [-0.2, 0) is 6.54 Å². The molecule has 2 heterocycles. The molecular formula is C17H19N5O. The lowest BCUT2D eigenvalue weighted by Crippen LogP contribution is -2.26. The van der Waals surface area contributed by atoms with Crippen molar-refractivity contribution in [2.45, 2.75) is 19.0 Å². The van der Waals surface area contributed by atoms with Crippen molar-refractivity contribution >= 4 is 5.95 Å². The van der Waals surface area contributed by atoms with E-state index in [1.54, 1.807) is 19.4 Å². The minimum Gasteiger partial charge on any atom is -0.481 e. The van der Waals surface area contributed by atoms with Gasteiger partial charge in [-0.2, -0.15) is 10.2 Å².